The number of hydrogen-bond donors (Lipinski definition) is 6. The number of ether oxygens (including phenoxy) is 1. The van der Waals surface area contributed by atoms with Gasteiger partial charge in [-0.25, -0.2) is 0 Å². The van der Waals surface area contributed by atoms with Gasteiger partial charge in [0.1, 0.15) is 11.3 Å². The Hall–Kier alpha value is -1.96. The molecule has 0 radical (unpaired) electrons. The number of carbonyl (C=O) groups is 1. The molecule has 15 atom stereocenters. The lowest BCUT2D eigenvalue weighted by atomic mass is 9.66. The lowest BCUT2D eigenvalue weighted by Gasteiger charge is -2.47. The molecule has 23 heteroatoms. The van der Waals surface area contributed by atoms with Gasteiger partial charge in [-0.1, -0.05) is 13.3 Å². The molecule has 348 valence electrons. The Morgan fingerprint density at radius 3 is 2.02 bits per heavy atom. The number of methoxy groups -OCH3 is 1. The second-order valence-electron chi connectivity index (χ2n) is 18.2. The first-order chi connectivity index (χ1) is 29.0. The van der Waals surface area contributed by atoms with Crippen LogP contribution in [0.1, 0.15) is 129 Å². The lowest BCUT2D eigenvalue weighted by Crippen LogP contribution is -2.56. The largest absolute Gasteiger partial charge is 0.390 e. The van der Waals surface area contributed by atoms with E-state index in [-0.39, 0.29) is 72.6 Å². The van der Waals surface area contributed by atoms with Crippen LogP contribution in [-0.4, -0.2) is 136 Å². The third-order valence-corrected chi connectivity index (χ3v) is 17.1. The van der Waals surface area contributed by atoms with Crippen molar-refractivity contribution < 1.29 is 53.5 Å². The van der Waals surface area contributed by atoms with Gasteiger partial charge in [-0.15, -0.1) is 0 Å². The summed E-state index contributed by atoms with van der Waals surface area (Å²) in [5.74, 6) is -0.525. The zero-order valence-corrected chi connectivity index (χ0v) is 37.6. The maximum Gasteiger partial charge on any atom is 0.302 e. The quantitative estimate of drug-likeness (QED) is 0.0749. The molecule has 0 aromatic rings. The fourth-order valence-corrected chi connectivity index (χ4v) is 13.1. The van der Waals surface area contributed by atoms with Crippen LogP contribution in [0.2, 0.25) is 0 Å². The van der Waals surface area contributed by atoms with Crippen LogP contribution in [0.4, 0.5) is 0 Å². The van der Waals surface area contributed by atoms with Gasteiger partial charge < -0.3 is 20.5 Å². The summed E-state index contributed by atoms with van der Waals surface area (Å²) in [7, 11) is -7.13. The van der Waals surface area contributed by atoms with Crippen molar-refractivity contribution in [1.82, 2.24) is 10.6 Å². The summed E-state index contributed by atoms with van der Waals surface area (Å²) in [5, 5.41) is 44.0. The number of amides is 1. The highest BCUT2D eigenvalue weighted by Gasteiger charge is 2.51. The number of hydrogen-bond acceptors (Lipinski definition) is 16. The zero-order valence-electron chi connectivity index (χ0n) is 35.1. The van der Waals surface area contributed by atoms with Crippen LogP contribution in [0, 0.1) is 11.8 Å². The first kappa shape index (κ1) is 48.5. The number of nitrogens with zero attached hydrogens (tertiary/aromatic N) is 6. The maximum absolute atomic E-state index is 12.7. The molecule has 6 aliphatic carbocycles. The van der Waals surface area contributed by atoms with Crippen molar-refractivity contribution in [1.29, 1.82) is 0 Å². The summed E-state index contributed by atoms with van der Waals surface area (Å²) in [6.45, 7) is 1.80. The Morgan fingerprint density at radius 2 is 1.36 bits per heavy atom. The van der Waals surface area contributed by atoms with E-state index in [1.54, 1.807) is 14.0 Å². The summed E-state index contributed by atoms with van der Waals surface area (Å²) in [4.78, 5) is 12.5. The predicted octanol–water partition coefficient (Wildman–Crippen LogP) is 4.52. The van der Waals surface area contributed by atoms with Crippen LogP contribution in [0.15, 0.2) is 30.7 Å². The molecule has 6 aliphatic rings. The van der Waals surface area contributed by atoms with Crippen LogP contribution in [0.25, 0.3) is 0 Å². The van der Waals surface area contributed by atoms with Crippen molar-refractivity contribution >= 4 is 37.5 Å². The Kier molecular flexibility index (Phi) is 17.3. The van der Waals surface area contributed by atoms with Gasteiger partial charge in [0.25, 0.3) is 20.2 Å². The second-order valence-corrected chi connectivity index (χ2v) is 22.1. The van der Waals surface area contributed by atoms with E-state index in [1.165, 1.54) is 0 Å². The number of fused-ring (bicyclic) bond motifs is 1. The summed E-state index contributed by atoms with van der Waals surface area (Å²) >= 11 is -2.29. The van der Waals surface area contributed by atoms with Crippen molar-refractivity contribution in [2.75, 3.05) is 7.11 Å². The van der Waals surface area contributed by atoms with Crippen molar-refractivity contribution in [3.05, 3.63) is 0 Å². The normalized spacial score (nSPS) is 41.1. The van der Waals surface area contributed by atoms with E-state index in [4.69, 9.17) is 23.7 Å². The van der Waals surface area contributed by atoms with Crippen molar-refractivity contribution in [2.24, 2.45) is 42.5 Å². The molecule has 6 N–H and O–H groups in total. The molecule has 0 heterocycles. The van der Waals surface area contributed by atoms with Gasteiger partial charge in [0, 0.05) is 25.6 Å². The number of aliphatic hydroxyl groups excluding tert-OH is 1. The zero-order chi connectivity index (χ0) is 43.9. The number of rotatable bonds is 15. The first-order valence-electron chi connectivity index (χ1n) is 22.2. The molecule has 0 aliphatic heterocycles. The minimum atomic E-state index is -4.57. The van der Waals surface area contributed by atoms with E-state index in [1.807, 2.05) is 0 Å². The smallest absolute Gasteiger partial charge is 0.302 e. The molecule has 6 saturated carbocycles. The average molecular weight is 923 g/mol. The van der Waals surface area contributed by atoms with Crippen molar-refractivity contribution in [2.45, 2.75) is 212 Å². The summed E-state index contributed by atoms with van der Waals surface area (Å²) < 4.78 is 99.8. The van der Waals surface area contributed by atoms with Gasteiger partial charge in [0.05, 0.1) is 59.8 Å². The summed E-state index contributed by atoms with van der Waals surface area (Å²) in [5.41, 5.74) is 0. The molecule has 0 saturated heterocycles. The predicted molar refractivity (Wildman–Crippen MR) is 223 cm³/mol. The minimum Gasteiger partial charge on any atom is -0.390 e. The number of azo groups is 3. The van der Waals surface area contributed by atoms with Gasteiger partial charge in [-0.05, 0) is 121 Å². The van der Waals surface area contributed by atoms with E-state index in [0.717, 1.165) is 12.8 Å². The van der Waals surface area contributed by atoms with Crippen molar-refractivity contribution in [3.8, 4) is 0 Å². The average Bonchev–Trinajstić information content (AvgIpc) is 3.22. The topological polar surface area (TPSA) is 300 Å². The van der Waals surface area contributed by atoms with Crippen LogP contribution in [0.5, 0.6) is 0 Å². The lowest BCUT2D eigenvalue weighted by molar-refractivity contribution is -0.121. The summed E-state index contributed by atoms with van der Waals surface area (Å²) in [6.07, 6.45) is 8.96. The fraction of sp³-hybridized carbons (Fsp3) is 0.974. The Morgan fingerprint density at radius 1 is 0.721 bits per heavy atom. The fourth-order valence-electron chi connectivity index (χ4n) is 10.7. The van der Waals surface area contributed by atoms with Crippen LogP contribution < -0.4 is 10.6 Å². The molecular weight excluding hydrogens is 857 g/mol. The van der Waals surface area contributed by atoms with E-state index in [0.29, 0.717) is 103 Å². The maximum atomic E-state index is 12.7. The molecule has 0 spiro atoms. The van der Waals surface area contributed by atoms with Gasteiger partial charge in [-0.3, -0.25) is 22.6 Å². The molecular formula is C38H66N8O12S3. The molecule has 0 bridgehead atoms. The Balaban J connectivity index is 1.03. The van der Waals surface area contributed by atoms with E-state index in [2.05, 4.69) is 31.1 Å². The molecule has 61 heavy (non-hydrogen) atoms. The molecule has 15 unspecified atom stereocenters. The van der Waals surface area contributed by atoms with Crippen LogP contribution >= 0.6 is 0 Å². The SMILES string of the molecule is CCC(=O)NC1CC(N=NC2CCC(N=NC3C(O)C4CC(NC5CCCC(S(=O)(=O)O)C5)CCC4CC3S(=O)(=O)O)C(OC)C2)CCC1N=NC1CCC(OS(=O)O)CC1. The highest BCUT2D eigenvalue weighted by molar-refractivity contribution is 7.86. The Labute approximate surface area is 362 Å². The molecule has 1 amide bonds. The van der Waals surface area contributed by atoms with Crippen LogP contribution in [-0.2, 0) is 45.3 Å². The molecule has 6 fully saturated rings. The van der Waals surface area contributed by atoms with E-state index >= 15 is 0 Å². The number of nitrogens with one attached hydrogen (secondary N) is 2. The third-order valence-electron chi connectivity index (χ3n) is 14.1. The van der Waals surface area contributed by atoms with E-state index < -0.39 is 66.4 Å². The number of aliphatic hydroxyl groups is 1. The monoisotopic (exact) mass is 922 g/mol. The summed E-state index contributed by atoms with van der Waals surface area (Å²) in [6, 6.07) is -2.47. The van der Waals surface area contributed by atoms with Gasteiger partial charge in [0.2, 0.25) is 5.91 Å². The molecule has 0 aromatic heterocycles. The Bertz CT molecular complexity index is 1800. The highest BCUT2D eigenvalue weighted by atomic mass is 32.2. The molecule has 0 aromatic carbocycles. The van der Waals surface area contributed by atoms with Crippen LogP contribution in [0.3, 0.4) is 0 Å². The van der Waals surface area contributed by atoms with Gasteiger partial charge >= 0.3 is 11.4 Å². The minimum absolute atomic E-state index is 0.00657. The van der Waals surface area contributed by atoms with Crippen molar-refractivity contribution in [3.63, 3.8) is 0 Å². The second kappa shape index (κ2) is 21.8. The number of carbonyl (C=O) groups excluding carboxylic acids is 1. The third kappa shape index (κ3) is 13.5. The molecule has 20 nitrogen and oxygen atoms in total. The van der Waals surface area contributed by atoms with E-state index in [9.17, 15) is 40.1 Å². The van der Waals surface area contributed by atoms with Gasteiger partial charge in [0.15, 0.2) is 0 Å². The van der Waals surface area contributed by atoms with Gasteiger partial charge in [-0.2, -0.15) is 51.7 Å². The highest BCUT2D eigenvalue weighted by Crippen LogP contribution is 2.44. The standard InChI is InChI=1S/C38H66N8O12S3/c1-3-36(47)40-33-20-26(11-15-31(33)44-41-23-9-13-28(14-10-23)58-59(49)50)42-43-27-12-16-32(34(21-27)57-2)45-46-37-35(61(54,55)56)17-22-7-8-25(19-30(22)38(37)48)39-24-5-4-6-29(18-24)60(51,52)53/h22-35,37-39,48H,3-21H2,1-2H3,(H,40,47)(H,49,50)(H,51,52,53)(H,54,55,56). The first-order valence-corrected chi connectivity index (χ1v) is 26.2. The molecule has 6 rings (SSSR count).